The van der Waals surface area contributed by atoms with Crippen LogP contribution < -0.4 is 5.73 Å². The highest BCUT2D eigenvalue weighted by atomic mass is 16.4. The molecule has 0 rings (SSSR count). The summed E-state index contributed by atoms with van der Waals surface area (Å²) in [7, 11) is 0. The van der Waals surface area contributed by atoms with E-state index in [0.717, 1.165) is 0 Å². The van der Waals surface area contributed by atoms with E-state index in [1.54, 1.807) is 0 Å². The van der Waals surface area contributed by atoms with E-state index in [-0.39, 0.29) is 38.0 Å². The first-order chi connectivity index (χ1) is 7.82. The van der Waals surface area contributed by atoms with Gasteiger partial charge < -0.3 is 21.1 Å². The van der Waals surface area contributed by atoms with Crippen LogP contribution in [0, 0.1) is 5.92 Å². The van der Waals surface area contributed by atoms with Crippen LogP contribution in [0.1, 0.15) is 32.1 Å². The number of nitrogens with two attached hydrogens (primary N) is 1. The molecule has 0 radical (unpaired) electrons. The summed E-state index contributed by atoms with van der Waals surface area (Å²) in [5.74, 6) is -3.45. The van der Waals surface area contributed by atoms with Gasteiger partial charge in [0.25, 0.3) is 0 Å². The lowest BCUT2D eigenvalue weighted by Crippen LogP contribution is -2.32. The van der Waals surface area contributed by atoms with Crippen molar-refractivity contribution in [3.63, 3.8) is 0 Å². The van der Waals surface area contributed by atoms with E-state index in [2.05, 4.69) is 0 Å². The maximum absolute atomic E-state index is 10.6. The molecule has 1 atom stereocenters. The lowest BCUT2D eigenvalue weighted by molar-refractivity contribution is -0.139. The maximum Gasteiger partial charge on any atom is 0.320 e. The number of carbonyl (C=O) groups is 3. The number of carboxylic acids is 3. The number of hydrogen-bond acceptors (Lipinski definition) is 4. The van der Waals surface area contributed by atoms with Gasteiger partial charge in [-0.3, -0.25) is 14.4 Å². The zero-order valence-electron chi connectivity index (χ0n) is 9.33. The molecule has 0 aliphatic carbocycles. The third-order valence-electron chi connectivity index (χ3n) is 2.44. The third kappa shape index (κ3) is 8.21. The summed E-state index contributed by atoms with van der Waals surface area (Å²) >= 11 is 0. The summed E-state index contributed by atoms with van der Waals surface area (Å²) < 4.78 is 0. The third-order valence-corrected chi connectivity index (χ3v) is 2.44. The Morgan fingerprint density at radius 2 is 1.35 bits per heavy atom. The van der Waals surface area contributed by atoms with Crippen LogP contribution in [0.3, 0.4) is 0 Å². The maximum atomic E-state index is 10.6. The fourth-order valence-electron chi connectivity index (χ4n) is 1.50. The molecule has 17 heavy (non-hydrogen) atoms. The summed E-state index contributed by atoms with van der Waals surface area (Å²) in [4.78, 5) is 31.3. The summed E-state index contributed by atoms with van der Waals surface area (Å²) in [6.45, 7) is 0. The molecule has 0 saturated carbocycles. The minimum Gasteiger partial charge on any atom is -0.481 e. The smallest absolute Gasteiger partial charge is 0.320 e. The minimum atomic E-state index is -1.17. The molecule has 0 amide bonds. The molecule has 0 fully saturated rings. The highest BCUT2D eigenvalue weighted by Crippen LogP contribution is 2.19. The predicted molar refractivity (Wildman–Crippen MR) is 57.5 cm³/mol. The molecule has 0 heterocycles. The Bertz CT molecular complexity index is 273. The van der Waals surface area contributed by atoms with E-state index >= 15 is 0 Å². The molecule has 0 aromatic heterocycles. The Balaban J connectivity index is 4.23. The standard InChI is InChI=1S/C10H17NO6/c11-7(10(16)17)5-6(1-3-8(12)13)2-4-9(14)15/h6-7H,1-5,11H2,(H,12,13)(H,14,15)(H,16,17). The SMILES string of the molecule is NC(CC(CCC(=O)O)CCC(=O)O)C(=O)O. The lowest BCUT2D eigenvalue weighted by atomic mass is 9.91. The van der Waals surface area contributed by atoms with Gasteiger partial charge in [-0.25, -0.2) is 0 Å². The second-order valence-electron chi connectivity index (χ2n) is 3.91. The van der Waals surface area contributed by atoms with Gasteiger partial charge in [-0.1, -0.05) is 0 Å². The van der Waals surface area contributed by atoms with Crippen LogP contribution >= 0.6 is 0 Å². The average Bonchev–Trinajstić information content (AvgIpc) is 2.21. The highest BCUT2D eigenvalue weighted by molar-refractivity contribution is 5.73. The number of hydrogen-bond donors (Lipinski definition) is 4. The molecule has 7 nitrogen and oxygen atoms in total. The van der Waals surface area contributed by atoms with Crippen molar-refractivity contribution in [3.05, 3.63) is 0 Å². The highest BCUT2D eigenvalue weighted by Gasteiger charge is 2.20. The summed E-state index contributed by atoms with van der Waals surface area (Å²) in [6, 6.07) is -1.08. The Hall–Kier alpha value is -1.63. The Kier molecular flexibility index (Phi) is 6.88. The second-order valence-corrected chi connectivity index (χ2v) is 3.91. The van der Waals surface area contributed by atoms with E-state index in [0.29, 0.717) is 0 Å². The Labute approximate surface area is 98.2 Å². The van der Waals surface area contributed by atoms with Gasteiger partial charge in [0.2, 0.25) is 0 Å². The Morgan fingerprint density at radius 1 is 0.941 bits per heavy atom. The first-order valence-electron chi connectivity index (χ1n) is 5.25. The van der Waals surface area contributed by atoms with Crippen molar-refractivity contribution < 1.29 is 29.7 Å². The van der Waals surface area contributed by atoms with Gasteiger partial charge in [0.05, 0.1) is 0 Å². The number of carboxylic acid groups (broad SMARTS) is 3. The van der Waals surface area contributed by atoms with Gasteiger partial charge in [-0.05, 0) is 25.2 Å². The fourth-order valence-corrected chi connectivity index (χ4v) is 1.50. The summed E-state index contributed by atoms with van der Waals surface area (Å²) in [6.07, 6.45) is 0.344. The lowest BCUT2D eigenvalue weighted by Gasteiger charge is -2.17. The Morgan fingerprint density at radius 3 is 1.65 bits per heavy atom. The molecule has 1 unspecified atom stereocenters. The minimum absolute atomic E-state index is 0.0931. The first kappa shape index (κ1) is 15.4. The van der Waals surface area contributed by atoms with Crippen LogP contribution in [0.5, 0.6) is 0 Å². The molecule has 0 spiro atoms. The summed E-state index contributed by atoms with van der Waals surface area (Å²) in [5, 5.41) is 25.7. The molecule has 0 aliphatic heterocycles. The molecule has 0 aromatic carbocycles. The average molecular weight is 247 g/mol. The van der Waals surface area contributed by atoms with Crippen molar-refractivity contribution in [2.24, 2.45) is 11.7 Å². The van der Waals surface area contributed by atoms with Gasteiger partial charge in [-0.2, -0.15) is 0 Å². The van der Waals surface area contributed by atoms with Gasteiger partial charge in [0, 0.05) is 12.8 Å². The molecule has 98 valence electrons. The fraction of sp³-hybridized carbons (Fsp3) is 0.700. The number of aliphatic carboxylic acids is 3. The monoisotopic (exact) mass is 247 g/mol. The van der Waals surface area contributed by atoms with Crippen LogP contribution in [-0.4, -0.2) is 39.3 Å². The molecular weight excluding hydrogens is 230 g/mol. The summed E-state index contributed by atoms with van der Waals surface area (Å²) in [5.41, 5.74) is 5.34. The topological polar surface area (TPSA) is 138 Å². The van der Waals surface area contributed by atoms with Crippen LogP contribution in [0.2, 0.25) is 0 Å². The van der Waals surface area contributed by atoms with Crippen LogP contribution in [0.25, 0.3) is 0 Å². The van der Waals surface area contributed by atoms with Crippen molar-refractivity contribution in [1.82, 2.24) is 0 Å². The quantitative estimate of drug-likeness (QED) is 0.454. The largest absolute Gasteiger partial charge is 0.481 e. The van der Waals surface area contributed by atoms with E-state index in [9.17, 15) is 14.4 Å². The number of rotatable bonds is 9. The van der Waals surface area contributed by atoms with Gasteiger partial charge in [0.1, 0.15) is 6.04 Å². The van der Waals surface area contributed by atoms with Gasteiger partial charge >= 0.3 is 17.9 Å². The van der Waals surface area contributed by atoms with Crippen molar-refractivity contribution in [3.8, 4) is 0 Å². The van der Waals surface area contributed by atoms with Crippen LogP contribution in [0.4, 0.5) is 0 Å². The molecule has 0 aromatic rings. The van der Waals surface area contributed by atoms with Crippen molar-refractivity contribution in [1.29, 1.82) is 0 Å². The second kappa shape index (κ2) is 7.61. The first-order valence-corrected chi connectivity index (χ1v) is 5.25. The van der Waals surface area contributed by atoms with Gasteiger partial charge in [-0.15, -0.1) is 0 Å². The van der Waals surface area contributed by atoms with Gasteiger partial charge in [0.15, 0.2) is 0 Å². The van der Waals surface area contributed by atoms with E-state index in [1.807, 2.05) is 0 Å². The van der Waals surface area contributed by atoms with Crippen LogP contribution in [0.15, 0.2) is 0 Å². The zero-order valence-corrected chi connectivity index (χ0v) is 9.33. The van der Waals surface area contributed by atoms with E-state index in [1.165, 1.54) is 0 Å². The normalized spacial score (nSPS) is 12.4. The van der Waals surface area contributed by atoms with Crippen molar-refractivity contribution in [2.45, 2.75) is 38.1 Å². The predicted octanol–water partition coefficient (Wildman–Crippen LogP) is 0.134. The molecular formula is C10H17NO6. The van der Waals surface area contributed by atoms with Crippen molar-refractivity contribution in [2.75, 3.05) is 0 Å². The van der Waals surface area contributed by atoms with E-state index < -0.39 is 23.9 Å². The molecule has 7 heteroatoms. The molecule has 0 saturated heterocycles. The molecule has 0 bridgehead atoms. The van der Waals surface area contributed by atoms with E-state index in [4.69, 9.17) is 21.1 Å². The molecule has 5 N–H and O–H groups in total. The zero-order chi connectivity index (χ0) is 13.4. The van der Waals surface area contributed by atoms with Crippen molar-refractivity contribution >= 4 is 17.9 Å². The van der Waals surface area contributed by atoms with Crippen LogP contribution in [-0.2, 0) is 14.4 Å². The molecule has 0 aliphatic rings.